The molecule has 1 fully saturated rings. The first kappa shape index (κ1) is 10.0. The maximum Gasteiger partial charge on any atom is 0.0434 e. The number of nitrogens with two attached hydrogens (primary N) is 1. The van der Waals surface area contributed by atoms with Gasteiger partial charge < -0.3 is 10.8 Å². The van der Waals surface area contributed by atoms with Crippen LogP contribution in [0.15, 0.2) is 0 Å². The van der Waals surface area contributed by atoms with E-state index >= 15 is 0 Å². The van der Waals surface area contributed by atoms with Crippen molar-refractivity contribution in [2.45, 2.75) is 38.5 Å². The Hall–Kier alpha value is -0.0800. The van der Waals surface area contributed by atoms with Crippen LogP contribution in [0.5, 0.6) is 0 Å². The first-order chi connectivity index (χ1) is 5.88. The van der Waals surface area contributed by atoms with Gasteiger partial charge >= 0.3 is 0 Å². The molecule has 1 saturated carbocycles. The summed E-state index contributed by atoms with van der Waals surface area (Å²) in [6.07, 6.45) is 7.71. The highest BCUT2D eigenvalue weighted by molar-refractivity contribution is 4.74. The minimum atomic E-state index is 0.304. The van der Waals surface area contributed by atoms with Crippen molar-refractivity contribution in [3.05, 3.63) is 0 Å². The van der Waals surface area contributed by atoms with Crippen molar-refractivity contribution in [2.75, 3.05) is 13.2 Å². The first-order valence-electron chi connectivity index (χ1n) is 5.19. The Balaban J connectivity index is 2.29. The molecule has 1 atom stereocenters. The zero-order chi connectivity index (χ0) is 8.81. The van der Waals surface area contributed by atoms with Gasteiger partial charge in [0.25, 0.3) is 0 Å². The Morgan fingerprint density at radius 2 is 1.92 bits per heavy atom. The predicted molar refractivity (Wildman–Crippen MR) is 50.8 cm³/mol. The van der Waals surface area contributed by atoms with E-state index < -0.39 is 0 Å². The molecule has 72 valence electrons. The second kappa shape index (κ2) is 5.55. The van der Waals surface area contributed by atoms with E-state index in [0.717, 1.165) is 18.9 Å². The standard InChI is InChI=1S/C10H21NO/c11-8-10(6-7-12)9-4-2-1-3-5-9/h9-10,12H,1-8,11H2. The molecule has 2 heteroatoms. The summed E-state index contributed by atoms with van der Waals surface area (Å²) in [7, 11) is 0. The Labute approximate surface area is 75.2 Å². The minimum Gasteiger partial charge on any atom is -0.396 e. The Morgan fingerprint density at radius 3 is 2.42 bits per heavy atom. The molecule has 1 rings (SSSR count). The van der Waals surface area contributed by atoms with Crippen molar-refractivity contribution in [3.8, 4) is 0 Å². The molecule has 0 bridgehead atoms. The molecule has 3 N–H and O–H groups in total. The topological polar surface area (TPSA) is 46.2 Å². The zero-order valence-electron chi connectivity index (χ0n) is 7.84. The van der Waals surface area contributed by atoms with Crippen LogP contribution in [-0.4, -0.2) is 18.3 Å². The molecular weight excluding hydrogens is 150 g/mol. The van der Waals surface area contributed by atoms with Crippen molar-refractivity contribution < 1.29 is 5.11 Å². The van der Waals surface area contributed by atoms with Crippen LogP contribution in [0.25, 0.3) is 0 Å². The Kier molecular flexibility index (Phi) is 4.62. The molecule has 0 aromatic heterocycles. The van der Waals surface area contributed by atoms with Crippen LogP contribution >= 0.6 is 0 Å². The normalized spacial score (nSPS) is 22.5. The summed E-state index contributed by atoms with van der Waals surface area (Å²) < 4.78 is 0. The molecule has 2 nitrogen and oxygen atoms in total. The molecule has 0 radical (unpaired) electrons. The van der Waals surface area contributed by atoms with Crippen molar-refractivity contribution in [2.24, 2.45) is 17.6 Å². The molecule has 1 aliphatic rings. The summed E-state index contributed by atoms with van der Waals surface area (Å²) >= 11 is 0. The summed E-state index contributed by atoms with van der Waals surface area (Å²) in [6.45, 7) is 1.06. The highest BCUT2D eigenvalue weighted by atomic mass is 16.3. The van der Waals surface area contributed by atoms with Gasteiger partial charge in [0, 0.05) is 6.61 Å². The van der Waals surface area contributed by atoms with E-state index in [1.54, 1.807) is 0 Å². The lowest BCUT2D eigenvalue weighted by atomic mass is 9.79. The van der Waals surface area contributed by atoms with E-state index in [-0.39, 0.29) is 0 Å². The van der Waals surface area contributed by atoms with Crippen LogP contribution in [0.4, 0.5) is 0 Å². The largest absolute Gasteiger partial charge is 0.396 e. The molecule has 0 aliphatic heterocycles. The van der Waals surface area contributed by atoms with Gasteiger partial charge in [-0.2, -0.15) is 0 Å². The SMILES string of the molecule is NCC(CCO)C1CCCCC1. The molecule has 0 amide bonds. The minimum absolute atomic E-state index is 0.304. The van der Waals surface area contributed by atoms with Gasteiger partial charge in [0.1, 0.15) is 0 Å². The average molecular weight is 171 g/mol. The van der Waals surface area contributed by atoms with Crippen LogP contribution in [0.1, 0.15) is 38.5 Å². The fourth-order valence-corrected chi connectivity index (χ4v) is 2.32. The molecule has 1 aliphatic carbocycles. The third-order valence-corrected chi connectivity index (χ3v) is 3.12. The van der Waals surface area contributed by atoms with Crippen LogP contribution < -0.4 is 5.73 Å². The fourth-order valence-electron chi connectivity index (χ4n) is 2.32. The van der Waals surface area contributed by atoms with Gasteiger partial charge in [-0.1, -0.05) is 32.1 Å². The van der Waals surface area contributed by atoms with Crippen molar-refractivity contribution >= 4 is 0 Å². The average Bonchev–Trinajstić information content (AvgIpc) is 2.15. The smallest absolute Gasteiger partial charge is 0.0434 e. The van der Waals surface area contributed by atoms with Crippen LogP contribution in [-0.2, 0) is 0 Å². The molecule has 0 aromatic rings. The summed E-state index contributed by atoms with van der Waals surface area (Å²) in [5.74, 6) is 1.38. The maximum absolute atomic E-state index is 8.84. The summed E-state index contributed by atoms with van der Waals surface area (Å²) in [6, 6.07) is 0. The molecule has 1 unspecified atom stereocenters. The Morgan fingerprint density at radius 1 is 1.25 bits per heavy atom. The molecule has 0 heterocycles. The quantitative estimate of drug-likeness (QED) is 0.673. The summed E-state index contributed by atoms with van der Waals surface area (Å²) in [5, 5.41) is 8.84. The van der Waals surface area contributed by atoms with Gasteiger partial charge in [0.2, 0.25) is 0 Å². The van der Waals surface area contributed by atoms with E-state index in [0.29, 0.717) is 12.5 Å². The highest BCUT2D eigenvalue weighted by Crippen LogP contribution is 2.30. The van der Waals surface area contributed by atoms with Crippen LogP contribution in [0.3, 0.4) is 0 Å². The number of rotatable bonds is 4. The lowest BCUT2D eigenvalue weighted by Crippen LogP contribution is -2.26. The second-order valence-electron chi connectivity index (χ2n) is 3.91. The third kappa shape index (κ3) is 2.76. The lowest BCUT2D eigenvalue weighted by molar-refractivity contribution is 0.191. The highest BCUT2D eigenvalue weighted by Gasteiger charge is 2.21. The Bertz CT molecular complexity index is 108. The number of aliphatic hydroxyl groups excluding tert-OH is 1. The summed E-state index contributed by atoms with van der Waals surface area (Å²) in [5.41, 5.74) is 5.68. The van der Waals surface area contributed by atoms with E-state index in [1.165, 1.54) is 32.1 Å². The molecule has 0 saturated heterocycles. The van der Waals surface area contributed by atoms with Crippen LogP contribution in [0.2, 0.25) is 0 Å². The van der Waals surface area contributed by atoms with Crippen molar-refractivity contribution in [1.29, 1.82) is 0 Å². The zero-order valence-corrected chi connectivity index (χ0v) is 7.84. The van der Waals surface area contributed by atoms with E-state index in [1.807, 2.05) is 0 Å². The fraction of sp³-hybridized carbons (Fsp3) is 1.00. The third-order valence-electron chi connectivity index (χ3n) is 3.12. The van der Waals surface area contributed by atoms with Gasteiger partial charge in [0.05, 0.1) is 0 Å². The summed E-state index contributed by atoms with van der Waals surface area (Å²) in [4.78, 5) is 0. The number of aliphatic hydroxyl groups is 1. The first-order valence-corrected chi connectivity index (χ1v) is 5.19. The molecule has 0 aromatic carbocycles. The van der Waals surface area contributed by atoms with Crippen LogP contribution in [0, 0.1) is 11.8 Å². The monoisotopic (exact) mass is 171 g/mol. The van der Waals surface area contributed by atoms with Gasteiger partial charge in [-0.05, 0) is 24.8 Å². The van der Waals surface area contributed by atoms with Gasteiger partial charge in [-0.3, -0.25) is 0 Å². The lowest BCUT2D eigenvalue weighted by Gasteiger charge is -2.28. The van der Waals surface area contributed by atoms with Gasteiger partial charge in [-0.25, -0.2) is 0 Å². The number of hydrogen-bond donors (Lipinski definition) is 2. The van der Waals surface area contributed by atoms with E-state index in [4.69, 9.17) is 10.8 Å². The number of hydrogen-bond acceptors (Lipinski definition) is 2. The van der Waals surface area contributed by atoms with E-state index in [2.05, 4.69) is 0 Å². The van der Waals surface area contributed by atoms with Crippen molar-refractivity contribution in [1.82, 2.24) is 0 Å². The predicted octanol–water partition coefficient (Wildman–Crippen LogP) is 1.52. The second-order valence-corrected chi connectivity index (χ2v) is 3.91. The van der Waals surface area contributed by atoms with E-state index in [9.17, 15) is 0 Å². The van der Waals surface area contributed by atoms with Gasteiger partial charge in [-0.15, -0.1) is 0 Å². The maximum atomic E-state index is 8.84. The molecule has 12 heavy (non-hydrogen) atoms. The molecule has 0 spiro atoms. The molecular formula is C10H21NO. The van der Waals surface area contributed by atoms with Gasteiger partial charge in [0.15, 0.2) is 0 Å². The van der Waals surface area contributed by atoms with Crippen molar-refractivity contribution in [3.63, 3.8) is 0 Å².